The van der Waals surface area contributed by atoms with Gasteiger partial charge < -0.3 is 25.2 Å². The van der Waals surface area contributed by atoms with Crippen LogP contribution in [0.4, 0.5) is 0 Å². The van der Waals surface area contributed by atoms with E-state index in [0.29, 0.717) is 29.5 Å². The first-order valence-electron chi connectivity index (χ1n) is 12.3. The van der Waals surface area contributed by atoms with Crippen LogP contribution in [-0.2, 0) is 4.79 Å². The van der Waals surface area contributed by atoms with Crippen LogP contribution in [0, 0.1) is 0 Å². The molecular weight excluding hydrogens is 454 g/mol. The predicted molar refractivity (Wildman–Crippen MR) is 143 cm³/mol. The Kier molecular flexibility index (Phi) is 8.84. The quantitative estimate of drug-likeness (QED) is 0.370. The van der Waals surface area contributed by atoms with Crippen LogP contribution in [0.15, 0.2) is 66.7 Å². The predicted octanol–water partition coefficient (Wildman–Crippen LogP) is 4.14. The number of pyridine rings is 1. The lowest BCUT2D eigenvalue weighted by Gasteiger charge is -2.33. The Morgan fingerprint density at radius 3 is 2.64 bits per heavy atom. The van der Waals surface area contributed by atoms with Crippen LogP contribution in [0.2, 0.25) is 0 Å². The number of hydrogen-bond donors (Lipinski definition) is 3. The molecule has 1 saturated heterocycles. The molecule has 0 spiro atoms. The van der Waals surface area contributed by atoms with Gasteiger partial charge in [0.25, 0.3) is 0 Å². The van der Waals surface area contributed by atoms with Crippen molar-refractivity contribution < 1.29 is 19.7 Å². The molecule has 1 aliphatic heterocycles. The van der Waals surface area contributed by atoms with Crippen LogP contribution in [0.1, 0.15) is 35.6 Å². The van der Waals surface area contributed by atoms with Gasteiger partial charge in [-0.3, -0.25) is 0 Å². The number of β-amino-alcohol motifs (C(OH)–C–C–N with tert-alkyl or cyclic N) is 1. The number of rotatable bonds is 10. The molecule has 3 N–H and O–H groups in total. The first kappa shape index (κ1) is 25.6. The maximum Gasteiger partial charge on any atom is 0.328 e. The summed E-state index contributed by atoms with van der Waals surface area (Å²) in [6.07, 6.45) is 8.27. The lowest BCUT2D eigenvalue weighted by Crippen LogP contribution is -2.43. The maximum atomic E-state index is 11.1. The summed E-state index contributed by atoms with van der Waals surface area (Å²) in [6.45, 7) is 3.17. The highest BCUT2D eigenvalue weighted by molar-refractivity contribution is 5.94. The number of likely N-dealkylation sites (tertiary alicyclic amines) is 1. The molecule has 1 unspecified atom stereocenters. The molecule has 2 aromatic carbocycles. The van der Waals surface area contributed by atoms with Gasteiger partial charge in [0.2, 0.25) is 5.88 Å². The Bertz CT molecular complexity index is 1220. The van der Waals surface area contributed by atoms with Crippen molar-refractivity contribution in [3.05, 3.63) is 83.4 Å². The van der Waals surface area contributed by atoms with Crippen molar-refractivity contribution in [1.82, 2.24) is 15.2 Å². The normalized spacial score (nSPS) is 16.2. The summed E-state index contributed by atoms with van der Waals surface area (Å²) >= 11 is 0. The molecule has 0 amide bonds. The van der Waals surface area contributed by atoms with Crippen LogP contribution in [0.3, 0.4) is 0 Å². The molecular formula is C29H33N3O4. The Morgan fingerprint density at radius 1 is 1.14 bits per heavy atom. The molecule has 2 heterocycles. The van der Waals surface area contributed by atoms with E-state index in [1.54, 1.807) is 19.3 Å². The number of carboxylic acid groups (broad SMARTS) is 1. The topological polar surface area (TPSA) is 94.9 Å². The number of piperidine rings is 1. The van der Waals surface area contributed by atoms with E-state index in [0.717, 1.165) is 49.5 Å². The molecule has 36 heavy (non-hydrogen) atoms. The maximum absolute atomic E-state index is 11.1. The van der Waals surface area contributed by atoms with Crippen LogP contribution in [0.25, 0.3) is 23.1 Å². The number of ether oxygens (including phenoxy) is 1. The summed E-state index contributed by atoms with van der Waals surface area (Å²) in [7, 11) is 1.55. The lowest BCUT2D eigenvalue weighted by atomic mass is 9.98. The van der Waals surface area contributed by atoms with Crippen molar-refractivity contribution in [2.24, 2.45) is 0 Å². The van der Waals surface area contributed by atoms with Gasteiger partial charge in [0.15, 0.2) is 0 Å². The zero-order chi connectivity index (χ0) is 25.3. The number of carbonyl (C=O) groups is 1. The molecule has 1 aromatic heterocycles. The zero-order valence-electron chi connectivity index (χ0n) is 20.5. The second kappa shape index (κ2) is 12.4. The smallest absolute Gasteiger partial charge is 0.328 e. The van der Waals surface area contributed by atoms with Crippen molar-refractivity contribution in [3.8, 4) is 5.88 Å². The van der Waals surface area contributed by atoms with E-state index < -0.39 is 12.1 Å². The zero-order valence-corrected chi connectivity index (χ0v) is 20.5. The minimum absolute atomic E-state index is 0.448. The number of aliphatic carboxylic acids is 1. The first-order chi connectivity index (χ1) is 17.5. The third-order valence-electron chi connectivity index (χ3n) is 6.52. The van der Waals surface area contributed by atoms with Crippen molar-refractivity contribution >= 4 is 29.0 Å². The van der Waals surface area contributed by atoms with E-state index in [4.69, 9.17) is 9.84 Å². The molecule has 0 radical (unpaired) electrons. The second-order valence-corrected chi connectivity index (χ2v) is 8.98. The van der Waals surface area contributed by atoms with Gasteiger partial charge in [0, 0.05) is 42.2 Å². The van der Waals surface area contributed by atoms with Crippen LogP contribution in [-0.4, -0.2) is 65.4 Å². The number of nitrogens with one attached hydrogen (secondary N) is 1. The average Bonchev–Trinajstić information content (AvgIpc) is 2.90. The van der Waals surface area contributed by atoms with Gasteiger partial charge in [0.05, 0.1) is 18.7 Å². The summed E-state index contributed by atoms with van der Waals surface area (Å²) in [5.41, 5.74) is 3.26. The largest absolute Gasteiger partial charge is 0.481 e. The highest BCUT2D eigenvalue weighted by atomic mass is 16.5. The molecule has 7 heteroatoms. The van der Waals surface area contributed by atoms with Gasteiger partial charge in [-0.05, 0) is 49.2 Å². The molecule has 188 valence electrons. The molecule has 0 aliphatic carbocycles. The fourth-order valence-electron chi connectivity index (χ4n) is 4.59. The van der Waals surface area contributed by atoms with Crippen molar-refractivity contribution in [3.63, 3.8) is 0 Å². The summed E-state index contributed by atoms with van der Waals surface area (Å²) in [5, 5.41) is 24.5. The van der Waals surface area contributed by atoms with Crippen molar-refractivity contribution in [1.29, 1.82) is 0 Å². The number of methoxy groups -OCH3 is 1. The van der Waals surface area contributed by atoms with Gasteiger partial charge in [-0.1, -0.05) is 54.6 Å². The van der Waals surface area contributed by atoms with Crippen LogP contribution in [0.5, 0.6) is 5.88 Å². The highest BCUT2D eigenvalue weighted by Gasteiger charge is 2.23. The Labute approximate surface area is 211 Å². The average molecular weight is 488 g/mol. The van der Waals surface area contributed by atoms with Crippen molar-refractivity contribution in [2.45, 2.75) is 25.0 Å². The van der Waals surface area contributed by atoms with Gasteiger partial charge in [0.1, 0.15) is 0 Å². The number of nitrogens with zero attached hydrogens (tertiary/aromatic N) is 2. The van der Waals surface area contributed by atoms with Crippen molar-refractivity contribution in [2.75, 3.05) is 33.3 Å². The fraction of sp³-hybridized carbons (Fsp3) is 0.310. The number of hydrogen-bond acceptors (Lipinski definition) is 6. The lowest BCUT2D eigenvalue weighted by molar-refractivity contribution is -0.131. The van der Waals surface area contributed by atoms with E-state index in [2.05, 4.69) is 39.5 Å². The number of aliphatic hydroxyl groups excluding tert-OH is 1. The van der Waals surface area contributed by atoms with E-state index in [1.807, 2.05) is 36.4 Å². The molecule has 1 atom stereocenters. The summed E-state index contributed by atoms with van der Waals surface area (Å²) < 4.78 is 5.30. The van der Waals surface area contributed by atoms with E-state index in [-0.39, 0.29) is 0 Å². The summed E-state index contributed by atoms with van der Waals surface area (Å²) in [5.74, 6) is -0.567. The third kappa shape index (κ3) is 6.79. The summed E-state index contributed by atoms with van der Waals surface area (Å²) in [6, 6.07) is 18.0. The van der Waals surface area contributed by atoms with Gasteiger partial charge in [-0.2, -0.15) is 0 Å². The number of aromatic nitrogens is 1. The Balaban J connectivity index is 1.36. The summed E-state index contributed by atoms with van der Waals surface area (Å²) in [4.78, 5) is 17.8. The first-order valence-corrected chi connectivity index (χ1v) is 12.3. The number of aliphatic hydroxyl groups is 1. The number of fused-ring (bicyclic) bond motifs is 1. The van der Waals surface area contributed by atoms with E-state index in [1.165, 1.54) is 5.56 Å². The van der Waals surface area contributed by atoms with Crippen LogP contribution >= 0.6 is 0 Å². The minimum Gasteiger partial charge on any atom is -0.481 e. The standard InChI is InChI=1S/C29H33N3O4/c1-36-27-13-12-24-22(10-14-28(34)35)9-11-25(29(24)31-27)26(33)20-32-18-15-23(16-19-32)30-17-5-8-21-6-3-2-4-7-21/h2-14,23,26,30,33H,15-20H2,1H3,(H,34,35)/b8-5+,14-10+. The molecule has 0 saturated carbocycles. The van der Waals surface area contributed by atoms with E-state index in [9.17, 15) is 9.90 Å². The molecule has 0 bridgehead atoms. The Hall–Kier alpha value is -3.52. The SMILES string of the molecule is COc1ccc2c(/C=C/C(=O)O)ccc(C(O)CN3CCC(NC/C=C/c4ccccc4)CC3)c2n1. The molecule has 1 fully saturated rings. The second-order valence-electron chi connectivity index (χ2n) is 8.98. The van der Waals surface area contributed by atoms with E-state index >= 15 is 0 Å². The van der Waals surface area contributed by atoms with Crippen LogP contribution < -0.4 is 10.1 Å². The van der Waals surface area contributed by atoms with Gasteiger partial charge in [-0.15, -0.1) is 0 Å². The monoisotopic (exact) mass is 487 g/mol. The minimum atomic E-state index is -1.01. The molecule has 4 rings (SSSR count). The molecule has 3 aromatic rings. The molecule has 7 nitrogen and oxygen atoms in total. The number of carboxylic acids is 1. The number of benzene rings is 2. The fourth-order valence-corrected chi connectivity index (χ4v) is 4.59. The van der Waals surface area contributed by atoms with Gasteiger partial charge in [-0.25, -0.2) is 9.78 Å². The third-order valence-corrected chi connectivity index (χ3v) is 6.52. The highest BCUT2D eigenvalue weighted by Crippen LogP contribution is 2.29. The van der Waals surface area contributed by atoms with Gasteiger partial charge >= 0.3 is 5.97 Å². The Morgan fingerprint density at radius 2 is 1.92 bits per heavy atom. The molecule has 1 aliphatic rings.